The molecule has 1 aromatic carbocycles. The lowest BCUT2D eigenvalue weighted by atomic mass is 10.2. The van der Waals surface area contributed by atoms with Gasteiger partial charge in [-0.1, -0.05) is 0 Å². The first-order valence-electron chi connectivity index (χ1n) is 6.06. The summed E-state index contributed by atoms with van der Waals surface area (Å²) in [6.45, 7) is 3.02. The van der Waals surface area contributed by atoms with Crippen LogP contribution >= 0.6 is 31.9 Å². The second-order valence-corrected chi connectivity index (χ2v) is 5.61. The largest absolute Gasteiger partial charge is 0.491 e. The fourth-order valence-corrected chi connectivity index (χ4v) is 2.96. The minimum Gasteiger partial charge on any atom is -0.491 e. The molecule has 19 heavy (non-hydrogen) atoms. The predicted octanol–water partition coefficient (Wildman–Crippen LogP) is 3.10. The van der Waals surface area contributed by atoms with E-state index in [1.165, 1.54) is 0 Å². The molecule has 4 nitrogen and oxygen atoms in total. The van der Waals surface area contributed by atoms with Gasteiger partial charge in [-0.15, -0.1) is 0 Å². The number of methoxy groups -OCH3 is 1. The lowest BCUT2D eigenvalue weighted by Gasteiger charge is -2.12. The van der Waals surface area contributed by atoms with E-state index in [1.807, 2.05) is 12.1 Å². The number of rotatable bonds is 9. The van der Waals surface area contributed by atoms with Crippen LogP contribution < -0.4 is 10.5 Å². The van der Waals surface area contributed by atoms with Crippen molar-refractivity contribution in [2.24, 2.45) is 5.73 Å². The normalized spacial score (nSPS) is 10.7. The minimum absolute atomic E-state index is 0.505. The van der Waals surface area contributed by atoms with E-state index < -0.39 is 0 Å². The average molecular weight is 397 g/mol. The highest BCUT2D eigenvalue weighted by Gasteiger charge is 2.08. The molecule has 0 aliphatic rings. The molecule has 0 radical (unpaired) electrons. The van der Waals surface area contributed by atoms with Crippen molar-refractivity contribution in [1.82, 2.24) is 0 Å². The fraction of sp³-hybridized carbons (Fsp3) is 0.538. The van der Waals surface area contributed by atoms with Crippen molar-refractivity contribution in [3.8, 4) is 5.75 Å². The monoisotopic (exact) mass is 395 g/mol. The first-order valence-corrected chi connectivity index (χ1v) is 7.65. The molecule has 0 aliphatic carbocycles. The zero-order chi connectivity index (χ0) is 14.1. The number of hydrogen-bond acceptors (Lipinski definition) is 4. The van der Waals surface area contributed by atoms with Crippen LogP contribution in [0.3, 0.4) is 0 Å². The van der Waals surface area contributed by atoms with E-state index in [-0.39, 0.29) is 0 Å². The van der Waals surface area contributed by atoms with Crippen molar-refractivity contribution in [1.29, 1.82) is 0 Å². The maximum atomic E-state index is 5.73. The van der Waals surface area contributed by atoms with Gasteiger partial charge >= 0.3 is 0 Å². The van der Waals surface area contributed by atoms with E-state index in [4.69, 9.17) is 19.9 Å². The third kappa shape index (κ3) is 6.23. The molecule has 1 rings (SSSR count). The van der Waals surface area contributed by atoms with E-state index in [2.05, 4.69) is 31.9 Å². The number of hydrogen-bond donors (Lipinski definition) is 1. The summed E-state index contributed by atoms with van der Waals surface area (Å²) in [5, 5.41) is 0. The van der Waals surface area contributed by atoms with Crippen LogP contribution in [0.1, 0.15) is 12.0 Å². The molecule has 0 aromatic heterocycles. The molecule has 0 bridgehead atoms. The van der Waals surface area contributed by atoms with Gasteiger partial charge in [0.2, 0.25) is 0 Å². The molecule has 0 saturated carbocycles. The average Bonchev–Trinajstić information content (AvgIpc) is 2.40. The van der Waals surface area contributed by atoms with Crippen molar-refractivity contribution in [3.05, 3.63) is 26.6 Å². The molecule has 6 heteroatoms. The molecule has 0 unspecified atom stereocenters. The molecule has 0 spiro atoms. The van der Waals surface area contributed by atoms with Crippen molar-refractivity contribution in [3.63, 3.8) is 0 Å². The van der Waals surface area contributed by atoms with Crippen LogP contribution in [0, 0.1) is 0 Å². The van der Waals surface area contributed by atoms with Crippen molar-refractivity contribution >= 4 is 31.9 Å². The molecule has 108 valence electrons. The highest BCUT2D eigenvalue weighted by atomic mass is 79.9. The Morgan fingerprint density at radius 3 is 2.32 bits per heavy atom. The zero-order valence-electron chi connectivity index (χ0n) is 11.0. The predicted molar refractivity (Wildman–Crippen MR) is 82.5 cm³/mol. The maximum Gasteiger partial charge on any atom is 0.147 e. The molecule has 1 aromatic rings. The quantitative estimate of drug-likeness (QED) is 0.651. The topological polar surface area (TPSA) is 53.7 Å². The summed E-state index contributed by atoms with van der Waals surface area (Å²) in [6.07, 6.45) is 0.835. The second-order valence-electron chi connectivity index (χ2n) is 3.90. The Balaban J connectivity index is 2.33. The fourth-order valence-electron chi connectivity index (χ4n) is 1.45. The molecule has 0 amide bonds. The van der Waals surface area contributed by atoms with Crippen LogP contribution in [0.2, 0.25) is 0 Å². The summed E-state index contributed by atoms with van der Waals surface area (Å²) in [7, 11) is 1.66. The maximum absolute atomic E-state index is 5.73. The van der Waals surface area contributed by atoms with E-state index in [1.54, 1.807) is 7.11 Å². The van der Waals surface area contributed by atoms with Gasteiger partial charge in [0, 0.05) is 26.7 Å². The Hall–Kier alpha value is -0.140. The summed E-state index contributed by atoms with van der Waals surface area (Å²) in [6, 6.07) is 3.93. The molecular weight excluding hydrogens is 378 g/mol. The first kappa shape index (κ1) is 16.9. The van der Waals surface area contributed by atoms with Gasteiger partial charge in [-0.25, -0.2) is 0 Å². The molecule has 0 saturated heterocycles. The number of benzene rings is 1. The molecule has 0 heterocycles. The van der Waals surface area contributed by atoms with Crippen LogP contribution in [-0.4, -0.2) is 33.5 Å². The van der Waals surface area contributed by atoms with E-state index >= 15 is 0 Å². The van der Waals surface area contributed by atoms with Gasteiger partial charge in [0.15, 0.2) is 0 Å². The van der Waals surface area contributed by atoms with Crippen LogP contribution in [-0.2, 0) is 16.0 Å². The zero-order valence-corrected chi connectivity index (χ0v) is 14.1. The molecular formula is C13H19Br2NO3. The summed E-state index contributed by atoms with van der Waals surface area (Å²) < 4.78 is 17.8. The van der Waals surface area contributed by atoms with E-state index in [0.29, 0.717) is 33.0 Å². The summed E-state index contributed by atoms with van der Waals surface area (Å²) in [5.74, 6) is 0.800. The highest BCUT2D eigenvalue weighted by Crippen LogP contribution is 2.34. The Morgan fingerprint density at radius 2 is 1.74 bits per heavy atom. The van der Waals surface area contributed by atoms with E-state index in [9.17, 15) is 0 Å². The van der Waals surface area contributed by atoms with Gasteiger partial charge in [-0.05, 0) is 49.6 Å². The van der Waals surface area contributed by atoms with Gasteiger partial charge in [-0.3, -0.25) is 0 Å². The minimum atomic E-state index is 0.505. The number of halogens is 2. The van der Waals surface area contributed by atoms with Gasteiger partial charge in [0.1, 0.15) is 5.75 Å². The SMILES string of the molecule is COCCOCCCOc1c(Br)cc(CN)cc1Br. The van der Waals surface area contributed by atoms with Crippen molar-refractivity contribution in [2.45, 2.75) is 13.0 Å². The van der Waals surface area contributed by atoms with Gasteiger partial charge in [0.05, 0.1) is 28.8 Å². The third-order valence-corrected chi connectivity index (χ3v) is 3.58. The van der Waals surface area contributed by atoms with Gasteiger partial charge in [-0.2, -0.15) is 0 Å². The lowest BCUT2D eigenvalue weighted by molar-refractivity contribution is 0.0643. The summed E-state index contributed by atoms with van der Waals surface area (Å²) in [4.78, 5) is 0. The van der Waals surface area contributed by atoms with Crippen LogP contribution in [0.15, 0.2) is 21.1 Å². The molecule has 0 fully saturated rings. The molecule has 0 atom stereocenters. The highest BCUT2D eigenvalue weighted by molar-refractivity contribution is 9.11. The Labute approximate surface area is 130 Å². The lowest BCUT2D eigenvalue weighted by Crippen LogP contribution is -2.07. The standard InChI is InChI=1S/C13H19Br2NO3/c1-17-5-6-18-3-2-4-19-13-11(14)7-10(9-16)8-12(13)15/h7-8H,2-6,9,16H2,1H3. The smallest absolute Gasteiger partial charge is 0.147 e. The van der Waals surface area contributed by atoms with Gasteiger partial charge in [0.25, 0.3) is 0 Å². The van der Waals surface area contributed by atoms with Crippen LogP contribution in [0.4, 0.5) is 0 Å². The Morgan fingerprint density at radius 1 is 1.05 bits per heavy atom. The van der Waals surface area contributed by atoms with Crippen molar-refractivity contribution in [2.75, 3.05) is 33.5 Å². The van der Waals surface area contributed by atoms with Crippen LogP contribution in [0.5, 0.6) is 5.75 Å². The molecule has 0 aliphatic heterocycles. The molecule has 2 N–H and O–H groups in total. The third-order valence-electron chi connectivity index (χ3n) is 2.40. The number of nitrogens with two attached hydrogens (primary N) is 1. The second kappa shape index (κ2) is 9.72. The van der Waals surface area contributed by atoms with Gasteiger partial charge < -0.3 is 19.9 Å². The summed E-state index contributed by atoms with van der Waals surface area (Å²) >= 11 is 6.97. The van der Waals surface area contributed by atoms with E-state index in [0.717, 1.165) is 26.7 Å². The Kier molecular flexibility index (Phi) is 8.65. The number of ether oxygens (including phenoxy) is 3. The Bertz CT molecular complexity index is 365. The first-order chi connectivity index (χ1) is 9.19. The summed E-state index contributed by atoms with van der Waals surface area (Å²) in [5.41, 5.74) is 6.66. The van der Waals surface area contributed by atoms with Crippen molar-refractivity contribution < 1.29 is 14.2 Å². The van der Waals surface area contributed by atoms with Crippen LogP contribution in [0.25, 0.3) is 0 Å².